The van der Waals surface area contributed by atoms with Crippen molar-refractivity contribution in [2.24, 2.45) is 0 Å². The Morgan fingerprint density at radius 2 is 1.93 bits per heavy atom. The largest absolute Gasteiger partial charge is 0.497 e. The third kappa shape index (κ3) is 5.10. The van der Waals surface area contributed by atoms with Crippen LogP contribution < -0.4 is 9.46 Å². The first-order valence-corrected chi connectivity index (χ1v) is 10.6. The summed E-state index contributed by atoms with van der Waals surface area (Å²) in [5.74, 6) is 0.669. The van der Waals surface area contributed by atoms with Gasteiger partial charge in [-0.15, -0.1) is 0 Å². The lowest BCUT2D eigenvalue weighted by Crippen LogP contribution is -2.43. The maximum absolute atomic E-state index is 12.8. The number of morpholine rings is 1. The fourth-order valence-corrected chi connectivity index (χ4v) is 4.51. The van der Waals surface area contributed by atoms with E-state index in [1.165, 1.54) is 24.3 Å². The maximum Gasteiger partial charge on any atom is 0.289 e. The normalized spacial score (nSPS) is 16.3. The monoisotopic (exact) mass is 421 g/mol. The van der Waals surface area contributed by atoms with Crippen LogP contribution in [0.2, 0.25) is 0 Å². The number of sulfonamides is 1. The van der Waals surface area contributed by atoms with E-state index in [1.54, 1.807) is 7.11 Å². The zero-order valence-corrected chi connectivity index (χ0v) is 16.8. The van der Waals surface area contributed by atoms with Crippen LogP contribution in [-0.4, -0.2) is 58.2 Å². The summed E-state index contributed by atoms with van der Waals surface area (Å²) in [6, 6.07) is 12.5. The van der Waals surface area contributed by atoms with E-state index in [-0.39, 0.29) is 17.5 Å². The fraction of sp³-hybridized carbons (Fsp3) is 0.368. The minimum atomic E-state index is -4.07. The van der Waals surface area contributed by atoms with Crippen molar-refractivity contribution in [3.8, 4) is 5.75 Å². The van der Waals surface area contributed by atoms with E-state index in [4.69, 9.17) is 9.47 Å². The lowest BCUT2D eigenvalue weighted by Gasteiger charge is -2.35. The molecule has 1 aliphatic heterocycles. The van der Waals surface area contributed by atoms with E-state index < -0.39 is 20.6 Å². The molecule has 0 spiro atoms. The molecule has 2 aromatic carbocycles. The highest BCUT2D eigenvalue weighted by atomic mass is 32.2. The Labute approximate surface area is 169 Å². The van der Waals surface area contributed by atoms with Crippen LogP contribution in [0.25, 0.3) is 0 Å². The predicted molar refractivity (Wildman–Crippen MR) is 106 cm³/mol. The van der Waals surface area contributed by atoms with E-state index in [2.05, 4.69) is 9.62 Å². The number of nitro benzene ring substituents is 1. The number of methoxy groups -OCH3 is 1. The summed E-state index contributed by atoms with van der Waals surface area (Å²) in [6.45, 7) is 2.46. The van der Waals surface area contributed by atoms with Crippen molar-refractivity contribution < 1.29 is 22.8 Å². The molecule has 10 heteroatoms. The molecule has 9 nitrogen and oxygen atoms in total. The molecule has 1 unspecified atom stereocenters. The van der Waals surface area contributed by atoms with Gasteiger partial charge in [0.05, 0.1) is 25.2 Å². The van der Waals surface area contributed by atoms with Crippen molar-refractivity contribution in [2.45, 2.75) is 10.9 Å². The van der Waals surface area contributed by atoms with Crippen molar-refractivity contribution in [1.82, 2.24) is 9.62 Å². The van der Waals surface area contributed by atoms with Gasteiger partial charge in [0.25, 0.3) is 5.69 Å². The predicted octanol–water partition coefficient (Wildman–Crippen LogP) is 1.96. The molecule has 1 atom stereocenters. The zero-order chi connectivity index (χ0) is 20.9. The SMILES string of the molecule is COc1cccc(C(CNS(=O)(=O)c2ccccc2[N+](=O)[O-])N2CCOCC2)c1. The molecule has 0 radical (unpaired) electrons. The Morgan fingerprint density at radius 3 is 2.62 bits per heavy atom. The van der Waals surface area contributed by atoms with Crippen molar-refractivity contribution in [1.29, 1.82) is 0 Å². The third-order valence-electron chi connectivity index (χ3n) is 4.78. The van der Waals surface area contributed by atoms with Gasteiger partial charge >= 0.3 is 0 Å². The first-order valence-electron chi connectivity index (χ1n) is 9.11. The second-order valence-corrected chi connectivity index (χ2v) is 8.25. The van der Waals surface area contributed by atoms with E-state index in [9.17, 15) is 18.5 Å². The zero-order valence-electron chi connectivity index (χ0n) is 16.0. The minimum absolute atomic E-state index is 0.0571. The van der Waals surface area contributed by atoms with Gasteiger partial charge in [-0.1, -0.05) is 24.3 Å². The first-order chi connectivity index (χ1) is 13.9. The molecule has 1 heterocycles. The van der Waals surface area contributed by atoms with Gasteiger partial charge in [-0.25, -0.2) is 13.1 Å². The molecule has 0 aromatic heterocycles. The number of nitro groups is 1. The summed E-state index contributed by atoms with van der Waals surface area (Å²) >= 11 is 0. The van der Waals surface area contributed by atoms with Crippen LogP contribution >= 0.6 is 0 Å². The van der Waals surface area contributed by atoms with Crippen LogP contribution in [0.15, 0.2) is 53.4 Å². The van der Waals surface area contributed by atoms with Gasteiger partial charge < -0.3 is 9.47 Å². The van der Waals surface area contributed by atoms with Gasteiger partial charge in [-0.2, -0.15) is 0 Å². The molecule has 0 saturated carbocycles. The van der Waals surface area contributed by atoms with E-state index >= 15 is 0 Å². The molecular weight excluding hydrogens is 398 g/mol. The second kappa shape index (κ2) is 9.31. The molecule has 1 fully saturated rings. The molecule has 3 rings (SSSR count). The number of hydrogen-bond acceptors (Lipinski definition) is 7. The summed E-state index contributed by atoms with van der Waals surface area (Å²) < 4.78 is 38.9. The standard InChI is InChI=1S/C19H23N3O6S/c1-27-16-6-4-5-15(13-16)18(21-9-11-28-12-10-21)14-20-29(25,26)19-8-3-2-7-17(19)22(23)24/h2-8,13,18,20H,9-12,14H2,1H3. The summed E-state index contributed by atoms with van der Waals surface area (Å²) in [4.78, 5) is 12.3. The average molecular weight is 421 g/mol. The molecular formula is C19H23N3O6S. The summed E-state index contributed by atoms with van der Waals surface area (Å²) in [7, 11) is -2.50. The number of ether oxygens (including phenoxy) is 2. The van der Waals surface area contributed by atoms with Gasteiger partial charge in [0, 0.05) is 31.7 Å². The number of benzene rings is 2. The van der Waals surface area contributed by atoms with Crippen LogP contribution in [0, 0.1) is 10.1 Å². The second-order valence-electron chi connectivity index (χ2n) is 6.52. The minimum Gasteiger partial charge on any atom is -0.497 e. The van der Waals surface area contributed by atoms with Crippen LogP contribution in [0.5, 0.6) is 5.75 Å². The Balaban J connectivity index is 1.87. The maximum atomic E-state index is 12.8. The Kier molecular flexibility index (Phi) is 6.80. The van der Waals surface area contributed by atoms with Crippen LogP contribution in [0.1, 0.15) is 11.6 Å². The molecule has 0 bridgehead atoms. The highest BCUT2D eigenvalue weighted by molar-refractivity contribution is 7.89. The Morgan fingerprint density at radius 1 is 1.21 bits per heavy atom. The van der Waals surface area contributed by atoms with Crippen molar-refractivity contribution >= 4 is 15.7 Å². The molecule has 29 heavy (non-hydrogen) atoms. The fourth-order valence-electron chi connectivity index (χ4n) is 3.30. The number of hydrogen-bond donors (Lipinski definition) is 1. The average Bonchev–Trinajstić information content (AvgIpc) is 2.74. The quantitative estimate of drug-likeness (QED) is 0.512. The molecule has 156 valence electrons. The van der Waals surface area contributed by atoms with Gasteiger partial charge in [0.2, 0.25) is 10.0 Å². The van der Waals surface area contributed by atoms with Crippen molar-refractivity contribution in [3.63, 3.8) is 0 Å². The summed E-state index contributed by atoms with van der Waals surface area (Å²) in [5, 5.41) is 11.2. The highest BCUT2D eigenvalue weighted by Crippen LogP contribution is 2.27. The van der Waals surface area contributed by atoms with E-state index in [0.717, 1.165) is 5.56 Å². The van der Waals surface area contributed by atoms with Crippen molar-refractivity contribution in [3.05, 3.63) is 64.2 Å². The molecule has 0 aliphatic carbocycles. The third-order valence-corrected chi connectivity index (χ3v) is 6.25. The van der Waals surface area contributed by atoms with E-state index in [0.29, 0.717) is 32.1 Å². The van der Waals surface area contributed by atoms with Gasteiger partial charge in [0.15, 0.2) is 4.90 Å². The lowest BCUT2D eigenvalue weighted by molar-refractivity contribution is -0.387. The molecule has 1 aliphatic rings. The molecule has 1 saturated heterocycles. The van der Waals surface area contributed by atoms with Crippen molar-refractivity contribution in [2.75, 3.05) is 40.0 Å². The smallest absolute Gasteiger partial charge is 0.289 e. The van der Waals surface area contributed by atoms with Gasteiger partial charge in [-0.05, 0) is 23.8 Å². The Hall–Kier alpha value is -2.53. The molecule has 2 aromatic rings. The number of nitrogens with one attached hydrogen (secondary N) is 1. The number of para-hydroxylation sites is 1. The first kappa shape index (κ1) is 21.2. The lowest BCUT2D eigenvalue weighted by atomic mass is 10.0. The Bertz CT molecular complexity index is 960. The number of nitrogens with zero attached hydrogens (tertiary/aromatic N) is 2. The topological polar surface area (TPSA) is 111 Å². The summed E-state index contributed by atoms with van der Waals surface area (Å²) in [6.07, 6.45) is 0. The van der Waals surface area contributed by atoms with E-state index in [1.807, 2.05) is 24.3 Å². The molecule has 0 amide bonds. The van der Waals surface area contributed by atoms with Crippen LogP contribution in [-0.2, 0) is 14.8 Å². The van der Waals surface area contributed by atoms with Gasteiger partial charge in [0.1, 0.15) is 5.75 Å². The van der Waals surface area contributed by atoms with Crippen LogP contribution in [0.4, 0.5) is 5.69 Å². The van der Waals surface area contributed by atoms with Crippen LogP contribution in [0.3, 0.4) is 0 Å². The molecule has 1 N–H and O–H groups in total. The highest BCUT2D eigenvalue weighted by Gasteiger charge is 2.28. The number of rotatable bonds is 8. The van der Waals surface area contributed by atoms with Gasteiger partial charge in [-0.3, -0.25) is 15.0 Å². The summed E-state index contributed by atoms with van der Waals surface area (Å²) in [5.41, 5.74) is 0.431.